The van der Waals surface area contributed by atoms with Crippen LogP contribution in [0.3, 0.4) is 0 Å². The van der Waals surface area contributed by atoms with Crippen LogP contribution in [0.25, 0.3) is 0 Å². The monoisotopic (exact) mass is 216 g/mol. The predicted octanol–water partition coefficient (Wildman–Crippen LogP) is 1.62. The van der Waals surface area contributed by atoms with Crippen LogP contribution in [0, 0.1) is 5.92 Å². The lowest BCUT2D eigenvalue weighted by molar-refractivity contribution is -0.145. The maximum atomic E-state index is 12.1. The summed E-state index contributed by atoms with van der Waals surface area (Å²) in [6.07, 6.45) is 2.47. The number of likely N-dealkylation sites (tertiary alicyclic amines) is 1. The summed E-state index contributed by atoms with van der Waals surface area (Å²) in [6.45, 7) is 4.47. The largest absolute Gasteiger partial charge is 0.465 e. The smallest absolute Gasteiger partial charge is 0.305 e. The zero-order valence-corrected chi connectivity index (χ0v) is 9.38. The van der Waals surface area contributed by atoms with E-state index in [0.29, 0.717) is 25.5 Å². The Morgan fingerprint density at radius 1 is 1.47 bits per heavy atom. The van der Waals surface area contributed by atoms with Gasteiger partial charge in [-0.2, -0.15) is 0 Å². The first-order chi connectivity index (χ1) is 7.26. The van der Waals surface area contributed by atoms with Gasteiger partial charge in [-0.3, -0.25) is 4.79 Å². The number of rotatable bonds is 5. The van der Waals surface area contributed by atoms with Gasteiger partial charge in [0.05, 0.1) is 6.61 Å². The van der Waals surface area contributed by atoms with Gasteiger partial charge in [-0.25, -0.2) is 4.39 Å². The van der Waals surface area contributed by atoms with Gasteiger partial charge in [-0.05, 0) is 31.8 Å². The molecule has 4 heteroatoms. The van der Waals surface area contributed by atoms with Crippen molar-refractivity contribution in [3.05, 3.63) is 0 Å². The summed E-state index contributed by atoms with van der Waals surface area (Å²) in [4.78, 5) is 13.1. The van der Waals surface area contributed by atoms with Gasteiger partial charge in [0, 0.05) is 13.0 Å². The molecule has 0 aromatic carbocycles. The number of piperidine rings is 1. The van der Waals surface area contributed by atoms with E-state index in [2.05, 4.69) is 4.90 Å². The second-order valence-corrected chi connectivity index (χ2v) is 4.01. The Balaban J connectivity index is 2.12. The van der Waals surface area contributed by atoms with Gasteiger partial charge < -0.3 is 9.64 Å². The van der Waals surface area contributed by atoms with Crippen LogP contribution in [0.15, 0.2) is 0 Å². The van der Waals surface area contributed by atoms with Crippen molar-refractivity contribution in [2.45, 2.75) is 26.2 Å². The van der Waals surface area contributed by atoms with Crippen molar-refractivity contribution >= 4 is 5.97 Å². The average Bonchev–Trinajstić information content (AvgIpc) is 2.28. The van der Waals surface area contributed by atoms with Crippen LogP contribution in [0.1, 0.15) is 26.2 Å². The molecule has 3 nitrogen and oxygen atoms in total. The highest BCUT2D eigenvalue weighted by molar-refractivity contribution is 5.68. The van der Waals surface area contributed by atoms with Crippen LogP contribution < -0.4 is 0 Å². The molecule has 0 amide bonds. The normalized spacial score (nSPS) is 19.1. The second kappa shape index (κ2) is 6.77. The fraction of sp³-hybridized carbons (Fsp3) is 0.909. The van der Waals surface area contributed by atoms with Crippen molar-refractivity contribution in [2.24, 2.45) is 5.92 Å². The standard InChI is InChI=1S/C11H20FNO2/c1-2-11(14)15-9-10-3-6-13(7-4-10)8-5-12/h10H,2-9H2,1H3/i12-1. The molecule has 0 unspecified atom stereocenters. The third kappa shape index (κ3) is 4.60. The highest BCUT2D eigenvalue weighted by Gasteiger charge is 2.19. The molecule has 0 bridgehead atoms. The Labute approximate surface area is 90.6 Å². The summed E-state index contributed by atoms with van der Waals surface area (Å²) in [5, 5.41) is 0. The molecule has 0 saturated carbocycles. The van der Waals surface area contributed by atoms with E-state index in [-0.39, 0.29) is 12.6 Å². The molecule has 0 aliphatic carbocycles. The molecule has 0 atom stereocenters. The van der Waals surface area contributed by atoms with Gasteiger partial charge in [-0.15, -0.1) is 0 Å². The van der Waals surface area contributed by atoms with Crippen molar-refractivity contribution in [3.8, 4) is 0 Å². The summed E-state index contributed by atoms with van der Waals surface area (Å²) in [5.74, 6) is 0.345. The molecule has 1 heterocycles. The molecular formula is C11H20FNO2. The van der Waals surface area contributed by atoms with E-state index in [0.717, 1.165) is 25.9 Å². The van der Waals surface area contributed by atoms with E-state index in [1.54, 1.807) is 6.92 Å². The topological polar surface area (TPSA) is 29.5 Å². The Hall–Kier alpha value is -0.640. The van der Waals surface area contributed by atoms with Gasteiger partial charge in [0.15, 0.2) is 0 Å². The van der Waals surface area contributed by atoms with Crippen molar-refractivity contribution in [1.29, 1.82) is 0 Å². The number of ether oxygens (including phenoxy) is 1. The number of hydrogen-bond acceptors (Lipinski definition) is 3. The van der Waals surface area contributed by atoms with Crippen LogP contribution in [0.4, 0.5) is 4.39 Å². The Kier molecular flexibility index (Phi) is 5.61. The number of carbonyl (C=O) groups excluding carboxylic acids is 1. The van der Waals surface area contributed by atoms with Gasteiger partial charge in [0.25, 0.3) is 0 Å². The summed E-state index contributed by atoms with van der Waals surface area (Å²) < 4.78 is 17.2. The maximum Gasteiger partial charge on any atom is 0.305 e. The maximum absolute atomic E-state index is 12.1. The molecule has 0 aromatic rings. The Bertz CT molecular complexity index is 191. The first kappa shape index (κ1) is 12.4. The number of nitrogens with zero attached hydrogens (tertiary/aromatic N) is 1. The summed E-state index contributed by atoms with van der Waals surface area (Å²) >= 11 is 0. The minimum Gasteiger partial charge on any atom is -0.465 e. The first-order valence-corrected chi connectivity index (χ1v) is 5.70. The lowest BCUT2D eigenvalue weighted by atomic mass is 9.98. The van der Waals surface area contributed by atoms with Crippen LogP contribution >= 0.6 is 0 Å². The number of halogens is 1. The minimum atomic E-state index is -0.268. The van der Waals surface area contributed by atoms with E-state index in [4.69, 9.17) is 4.74 Å². The molecule has 1 fully saturated rings. The van der Waals surface area contributed by atoms with Gasteiger partial charge in [0.1, 0.15) is 6.67 Å². The van der Waals surface area contributed by atoms with Crippen LogP contribution in [-0.4, -0.2) is 43.8 Å². The van der Waals surface area contributed by atoms with Crippen molar-refractivity contribution in [2.75, 3.05) is 32.9 Å². The van der Waals surface area contributed by atoms with E-state index in [1.807, 2.05) is 0 Å². The van der Waals surface area contributed by atoms with E-state index in [9.17, 15) is 9.18 Å². The van der Waals surface area contributed by atoms with Crippen molar-refractivity contribution in [1.82, 2.24) is 4.90 Å². The molecular weight excluding hydrogens is 196 g/mol. The second-order valence-electron chi connectivity index (χ2n) is 4.01. The summed E-state index contributed by atoms with van der Waals surface area (Å²) in [7, 11) is 0. The average molecular weight is 216 g/mol. The van der Waals surface area contributed by atoms with Gasteiger partial charge in [0.2, 0.25) is 0 Å². The fourth-order valence-corrected chi connectivity index (χ4v) is 1.81. The molecule has 15 heavy (non-hydrogen) atoms. The van der Waals surface area contributed by atoms with E-state index in [1.165, 1.54) is 0 Å². The third-order valence-electron chi connectivity index (χ3n) is 2.88. The summed E-state index contributed by atoms with van der Waals surface area (Å²) in [5.41, 5.74) is 0. The highest BCUT2D eigenvalue weighted by atomic mass is 18.2. The van der Waals surface area contributed by atoms with Gasteiger partial charge >= 0.3 is 5.97 Å². The number of esters is 1. The molecule has 1 saturated heterocycles. The van der Waals surface area contributed by atoms with Crippen LogP contribution in [0.5, 0.6) is 0 Å². The molecule has 0 radical (unpaired) electrons. The zero-order chi connectivity index (χ0) is 11.1. The van der Waals surface area contributed by atoms with Crippen molar-refractivity contribution in [3.63, 3.8) is 0 Å². The Morgan fingerprint density at radius 3 is 2.67 bits per heavy atom. The number of carbonyl (C=O) groups is 1. The molecule has 1 aliphatic heterocycles. The molecule has 0 aromatic heterocycles. The number of alkyl halides is 1. The lowest BCUT2D eigenvalue weighted by Crippen LogP contribution is -2.36. The first-order valence-electron chi connectivity index (χ1n) is 5.70. The van der Waals surface area contributed by atoms with Gasteiger partial charge in [-0.1, -0.05) is 6.92 Å². The lowest BCUT2D eigenvalue weighted by Gasteiger charge is -2.30. The fourth-order valence-electron chi connectivity index (χ4n) is 1.81. The molecule has 0 spiro atoms. The molecule has 1 aliphatic rings. The van der Waals surface area contributed by atoms with E-state index < -0.39 is 0 Å². The van der Waals surface area contributed by atoms with Crippen LogP contribution in [-0.2, 0) is 9.53 Å². The summed E-state index contributed by atoms with van der Waals surface area (Å²) in [6, 6.07) is 0. The predicted molar refractivity (Wildman–Crippen MR) is 56.4 cm³/mol. The quantitative estimate of drug-likeness (QED) is 0.654. The molecule has 0 N–H and O–H groups in total. The third-order valence-corrected chi connectivity index (χ3v) is 2.88. The van der Waals surface area contributed by atoms with E-state index >= 15 is 0 Å². The minimum absolute atomic E-state index is 0.124. The molecule has 88 valence electrons. The SMILES string of the molecule is CCC(=O)OCC1CCN(CC[18F])CC1. The zero-order valence-electron chi connectivity index (χ0n) is 9.38. The van der Waals surface area contributed by atoms with Crippen molar-refractivity contribution < 1.29 is 13.9 Å². The Morgan fingerprint density at radius 2 is 2.13 bits per heavy atom. The van der Waals surface area contributed by atoms with Crippen LogP contribution in [0.2, 0.25) is 0 Å². The highest BCUT2D eigenvalue weighted by Crippen LogP contribution is 2.17. The molecule has 1 rings (SSSR count). The number of hydrogen-bond donors (Lipinski definition) is 0.